The molecule has 4 nitrogen and oxygen atoms in total. The summed E-state index contributed by atoms with van der Waals surface area (Å²) in [5.41, 5.74) is 0. The first-order valence-electron chi connectivity index (χ1n) is 6.29. The summed E-state index contributed by atoms with van der Waals surface area (Å²) in [6.45, 7) is 1.45. The van der Waals surface area contributed by atoms with Crippen LogP contribution in [0.1, 0.15) is 4.88 Å². The van der Waals surface area contributed by atoms with E-state index in [1.165, 1.54) is 19.9 Å². The minimum absolute atomic E-state index is 0.0701. The first-order chi connectivity index (χ1) is 9.24. The Bertz CT molecular complexity index is 562. The molecule has 1 amide bonds. The highest BCUT2D eigenvalue weighted by atomic mass is 32.1. The van der Waals surface area contributed by atoms with Crippen LogP contribution in [0.15, 0.2) is 30.3 Å². The van der Waals surface area contributed by atoms with Crippen LogP contribution in [0.2, 0.25) is 0 Å². The molecular weight excluding hydrogens is 262 g/mol. The van der Waals surface area contributed by atoms with Crippen molar-refractivity contribution in [3.05, 3.63) is 35.2 Å². The number of rotatable bonds is 2. The van der Waals surface area contributed by atoms with Crippen LogP contribution in [0, 0.1) is 0 Å². The SMILES string of the molecule is O=C(O)N1CCOCC1Cc1cc2ccccc2s1. The van der Waals surface area contributed by atoms with Crippen molar-refractivity contribution in [2.75, 3.05) is 19.8 Å². The molecule has 1 aromatic carbocycles. The quantitative estimate of drug-likeness (QED) is 0.918. The van der Waals surface area contributed by atoms with E-state index in [-0.39, 0.29) is 6.04 Å². The smallest absolute Gasteiger partial charge is 0.407 e. The number of hydrogen-bond donors (Lipinski definition) is 1. The van der Waals surface area contributed by atoms with Gasteiger partial charge < -0.3 is 14.7 Å². The number of morpholine rings is 1. The van der Waals surface area contributed by atoms with Gasteiger partial charge >= 0.3 is 6.09 Å². The van der Waals surface area contributed by atoms with E-state index >= 15 is 0 Å². The zero-order valence-electron chi connectivity index (χ0n) is 10.4. The van der Waals surface area contributed by atoms with Gasteiger partial charge in [-0.3, -0.25) is 0 Å². The zero-order valence-corrected chi connectivity index (χ0v) is 11.2. The monoisotopic (exact) mass is 277 g/mol. The second-order valence-corrected chi connectivity index (χ2v) is 5.83. The van der Waals surface area contributed by atoms with Crippen molar-refractivity contribution in [3.63, 3.8) is 0 Å². The number of amides is 1. The number of ether oxygens (including phenoxy) is 1. The van der Waals surface area contributed by atoms with Crippen LogP contribution in [0.25, 0.3) is 10.1 Å². The van der Waals surface area contributed by atoms with E-state index in [1.54, 1.807) is 11.3 Å². The molecule has 0 aliphatic carbocycles. The molecule has 0 bridgehead atoms. The van der Waals surface area contributed by atoms with Crippen LogP contribution >= 0.6 is 11.3 Å². The molecule has 1 atom stereocenters. The van der Waals surface area contributed by atoms with Gasteiger partial charge in [-0.2, -0.15) is 0 Å². The van der Waals surface area contributed by atoms with Crippen LogP contribution in [-0.2, 0) is 11.2 Å². The number of fused-ring (bicyclic) bond motifs is 1. The molecule has 1 unspecified atom stereocenters. The van der Waals surface area contributed by atoms with E-state index in [0.717, 1.165) is 6.42 Å². The van der Waals surface area contributed by atoms with Gasteiger partial charge in [0.25, 0.3) is 0 Å². The molecule has 0 spiro atoms. The number of carbonyl (C=O) groups is 1. The van der Waals surface area contributed by atoms with Crippen molar-refractivity contribution in [1.82, 2.24) is 4.90 Å². The van der Waals surface area contributed by atoms with Crippen molar-refractivity contribution in [1.29, 1.82) is 0 Å². The van der Waals surface area contributed by atoms with Crippen molar-refractivity contribution < 1.29 is 14.6 Å². The van der Waals surface area contributed by atoms with E-state index in [9.17, 15) is 9.90 Å². The lowest BCUT2D eigenvalue weighted by atomic mass is 10.1. The third-order valence-corrected chi connectivity index (χ3v) is 4.53. The van der Waals surface area contributed by atoms with Gasteiger partial charge in [0.1, 0.15) is 0 Å². The lowest BCUT2D eigenvalue weighted by Crippen LogP contribution is -2.49. The molecule has 2 heterocycles. The van der Waals surface area contributed by atoms with E-state index in [0.29, 0.717) is 19.8 Å². The largest absolute Gasteiger partial charge is 0.465 e. The van der Waals surface area contributed by atoms with Gasteiger partial charge in [0.15, 0.2) is 0 Å². The highest BCUT2D eigenvalue weighted by molar-refractivity contribution is 7.19. The van der Waals surface area contributed by atoms with E-state index < -0.39 is 6.09 Å². The molecule has 1 aliphatic rings. The lowest BCUT2D eigenvalue weighted by Gasteiger charge is -2.33. The molecule has 0 radical (unpaired) electrons. The van der Waals surface area contributed by atoms with Gasteiger partial charge in [-0.1, -0.05) is 18.2 Å². The molecule has 3 rings (SSSR count). The van der Waals surface area contributed by atoms with Crippen LogP contribution in [-0.4, -0.2) is 41.9 Å². The Morgan fingerprint density at radius 2 is 2.32 bits per heavy atom. The Hall–Kier alpha value is -1.59. The standard InChI is InChI=1S/C14H15NO3S/c16-14(17)15-5-6-18-9-11(15)8-12-7-10-3-1-2-4-13(10)19-12/h1-4,7,11H,5-6,8-9H2,(H,16,17). The third kappa shape index (κ3) is 2.57. The third-order valence-electron chi connectivity index (χ3n) is 3.39. The van der Waals surface area contributed by atoms with Gasteiger partial charge in [-0.05, 0) is 17.5 Å². The summed E-state index contributed by atoms with van der Waals surface area (Å²) in [4.78, 5) is 13.9. The molecule has 0 saturated carbocycles. The fourth-order valence-corrected chi connectivity index (χ4v) is 3.58. The number of hydrogen-bond acceptors (Lipinski definition) is 3. The highest BCUT2D eigenvalue weighted by Gasteiger charge is 2.27. The van der Waals surface area contributed by atoms with Crippen molar-refractivity contribution in [3.8, 4) is 0 Å². The predicted octanol–water partition coefficient (Wildman–Crippen LogP) is 2.82. The van der Waals surface area contributed by atoms with E-state index in [4.69, 9.17) is 4.74 Å². The minimum atomic E-state index is -0.852. The maximum Gasteiger partial charge on any atom is 0.407 e. The Labute approximate surface area is 115 Å². The Morgan fingerprint density at radius 3 is 3.11 bits per heavy atom. The fraction of sp³-hybridized carbons (Fsp3) is 0.357. The summed E-state index contributed by atoms with van der Waals surface area (Å²) in [5.74, 6) is 0. The molecule has 2 aromatic rings. The van der Waals surface area contributed by atoms with Crippen molar-refractivity contribution >= 4 is 27.5 Å². The van der Waals surface area contributed by atoms with Gasteiger partial charge in [0, 0.05) is 22.5 Å². The average Bonchev–Trinajstić information content (AvgIpc) is 2.81. The molecule has 1 fully saturated rings. The molecule has 1 N–H and O–H groups in total. The second kappa shape index (κ2) is 5.19. The van der Waals surface area contributed by atoms with Crippen LogP contribution < -0.4 is 0 Å². The highest BCUT2D eigenvalue weighted by Crippen LogP contribution is 2.27. The van der Waals surface area contributed by atoms with E-state index in [1.807, 2.05) is 12.1 Å². The van der Waals surface area contributed by atoms with Gasteiger partial charge in [-0.25, -0.2) is 4.79 Å². The number of carboxylic acid groups (broad SMARTS) is 1. The predicted molar refractivity (Wildman–Crippen MR) is 74.9 cm³/mol. The Kier molecular flexibility index (Phi) is 3.40. The maximum atomic E-state index is 11.2. The van der Waals surface area contributed by atoms with E-state index in [2.05, 4.69) is 18.2 Å². The van der Waals surface area contributed by atoms with Crippen LogP contribution in [0.3, 0.4) is 0 Å². The average molecular weight is 277 g/mol. The van der Waals surface area contributed by atoms with Crippen LogP contribution in [0.4, 0.5) is 4.79 Å². The van der Waals surface area contributed by atoms with Crippen molar-refractivity contribution in [2.24, 2.45) is 0 Å². The molecular formula is C14H15NO3S. The Morgan fingerprint density at radius 1 is 1.47 bits per heavy atom. The topological polar surface area (TPSA) is 49.8 Å². The molecule has 1 aliphatic heterocycles. The summed E-state index contributed by atoms with van der Waals surface area (Å²) < 4.78 is 6.65. The molecule has 1 aromatic heterocycles. The summed E-state index contributed by atoms with van der Waals surface area (Å²) in [6, 6.07) is 10.3. The Balaban J connectivity index is 1.80. The first-order valence-corrected chi connectivity index (χ1v) is 7.10. The maximum absolute atomic E-state index is 11.2. The normalized spacial score (nSPS) is 19.8. The number of thiophene rings is 1. The summed E-state index contributed by atoms with van der Waals surface area (Å²) >= 11 is 1.73. The fourth-order valence-electron chi connectivity index (χ4n) is 2.45. The van der Waals surface area contributed by atoms with Gasteiger partial charge in [0.05, 0.1) is 19.3 Å². The molecule has 100 valence electrons. The molecule has 19 heavy (non-hydrogen) atoms. The summed E-state index contributed by atoms with van der Waals surface area (Å²) in [6.07, 6.45) is -0.125. The molecule has 1 saturated heterocycles. The molecule has 5 heteroatoms. The van der Waals surface area contributed by atoms with Crippen LogP contribution in [0.5, 0.6) is 0 Å². The number of benzene rings is 1. The summed E-state index contributed by atoms with van der Waals surface area (Å²) in [5, 5.41) is 10.4. The van der Waals surface area contributed by atoms with Crippen molar-refractivity contribution in [2.45, 2.75) is 12.5 Å². The van der Waals surface area contributed by atoms with Gasteiger partial charge in [-0.15, -0.1) is 11.3 Å². The number of nitrogens with zero attached hydrogens (tertiary/aromatic N) is 1. The second-order valence-electron chi connectivity index (χ2n) is 4.66. The first kappa shape index (κ1) is 12.4. The lowest BCUT2D eigenvalue weighted by molar-refractivity contribution is 0.000533. The van der Waals surface area contributed by atoms with Gasteiger partial charge in [0.2, 0.25) is 0 Å². The summed E-state index contributed by atoms with van der Waals surface area (Å²) in [7, 11) is 0. The minimum Gasteiger partial charge on any atom is -0.465 e. The zero-order chi connectivity index (χ0) is 13.2.